The molecule has 3 rings (SSSR count). The van der Waals surface area contributed by atoms with Crippen molar-refractivity contribution in [2.45, 2.75) is 25.0 Å². The molecule has 2 saturated heterocycles. The minimum Gasteiger partial charge on any atom is -0.394 e. The van der Waals surface area contributed by atoms with E-state index in [-0.39, 0.29) is 43.4 Å². The van der Waals surface area contributed by atoms with Crippen LogP contribution in [0.2, 0.25) is 0 Å². The molecule has 9 nitrogen and oxygen atoms in total. The molecule has 0 bridgehead atoms. The molecule has 1 aromatic rings. The highest BCUT2D eigenvalue weighted by Crippen LogP contribution is 2.30. The van der Waals surface area contributed by atoms with Crippen LogP contribution in [0.4, 0.5) is 5.69 Å². The molecule has 2 atom stereocenters. The van der Waals surface area contributed by atoms with Crippen LogP contribution in [0.25, 0.3) is 0 Å². The van der Waals surface area contributed by atoms with Crippen molar-refractivity contribution < 1.29 is 29.0 Å². The number of aliphatic hydroxyl groups excluding tert-OH is 1. The van der Waals surface area contributed by atoms with Crippen LogP contribution in [0.1, 0.15) is 24.5 Å². The van der Waals surface area contributed by atoms with Gasteiger partial charge in [0, 0.05) is 38.9 Å². The second kappa shape index (κ2) is 10.0. The van der Waals surface area contributed by atoms with Crippen LogP contribution < -0.4 is 5.32 Å². The van der Waals surface area contributed by atoms with Gasteiger partial charge in [-0.25, -0.2) is 0 Å². The average molecular weight is 419 g/mol. The summed E-state index contributed by atoms with van der Waals surface area (Å²) in [7, 11) is 3.23. The Kier molecular flexibility index (Phi) is 7.41. The highest BCUT2D eigenvalue weighted by molar-refractivity contribution is 5.92. The van der Waals surface area contributed by atoms with E-state index in [4.69, 9.17) is 9.47 Å². The number of hydrogen-bond donors (Lipinski definition) is 2. The number of morpholine rings is 1. The number of nitrogens with one attached hydrogen (secondary N) is 1. The van der Waals surface area contributed by atoms with E-state index in [1.165, 1.54) is 9.80 Å². The van der Waals surface area contributed by atoms with Gasteiger partial charge in [0.2, 0.25) is 17.7 Å². The zero-order valence-corrected chi connectivity index (χ0v) is 17.4. The zero-order valence-electron chi connectivity index (χ0n) is 17.4. The summed E-state index contributed by atoms with van der Waals surface area (Å²) in [6, 6.07) is 6.48. The maximum atomic E-state index is 12.4. The number of nitrogens with zero attached hydrogens (tertiary/aromatic N) is 2. The second-order valence-electron chi connectivity index (χ2n) is 7.79. The lowest BCUT2D eigenvalue weighted by Crippen LogP contribution is -2.55. The highest BCUT2D eigenvalue weighted by atomic mass is 16.5. The summed E-state index contributed by atoms with van der Waals surface area (Å²) in [6.07, 6.45) is 0.865. The molecule has 0 spiro atoms. The van der Waals surface area contributed by atoms with Crippen molar-refractivity contribution in [3.05, 3.63) is 29.8 Å². The lowest BCUT2D eigenvalue weighted by atomic mass is 9.98. The Morgan fingerprint density at radius 2 is 1.87 bits per heavy atom. The van der Waals surface area contributed by atoms with E-state index in [1.54, 1.807) is 38.4 Å². The first-order valence-electron chi connectivity index (χ1n) is 10.1. The molecular formula is C21H29N3O6. The van der Waals surface area contributed by atoms with Gasteiger partial charge in [-0.2, -0.15) is 0 Å². The van der Waals surface area contributed by atoms with Crippen LogP contribution >= 0.6 is 0 Å². The summed E-state index contributed by atoms with van der Waals surface area (Å²) < 4.78 is 11.0. The van der Waals surface area contributed by atoms with Gasteiger partial charge in [0.05, 0.1) is 12.6 Å². The first kappa shape index (κ1) is 22.2. The molecule has 0 aliphatic carbocycles. The molecule has 2 N–H and O–H groups in total. The number of likely N-dealkylation sites (N-methyl/N-ethyl adjacent to an activating group) is 1. The summed E-state index contributed by atoms with van der Waals surface area (Å²) in [5.74, 6) is -0.630. The number of benzene rings is 1. The Bertz CT molecular complexity index is 761. The molecule has 2 heterocycles. The molecule has 0 aromatic heterocycles. The fourth-order valence-electron chi connectivity index (χ4n) is 3.67. The normalized spacial score (nSPS) is 22.6. The molecule has 0 radical (unpaired) electrons. The summed E-state index contributed by atoms with van der Waals surface area (Å²) >= 11 is 0. The number of carbonyl (C=O) groups excluding carboxylic acids is 3. The zero-order chi connectivity index (χ0) is 21.7. The van der Waals surface area contributed by atoms with E-state index in [0.717, 1.165) is 5.56 Å². The average Bonchev–Trinajstić information content (AvgIpc) is 2.76. The minimum atomic E-state index is -0.669. The van der Waals surface area contributed by atoms with Crippen molar-refractivity contribution in [1.82, 2.24) is 9.80 Å². The lowest BCUT2D eigenvalue weighted by molar-refractivity contribution is -0.164. The molecule has 30 heavy (non-hydrogen) atoms. The van der Waals surface area contributed by atoms with Crippen LogP contribution in [0.5, 0.6) is 0 Å². The Morgan fingerprint density at radius 1 is 1.20 bits per heavy atom. The number of ether oxygens (including phenoxy) is 2. The molecule has 3 amide bonds. The first-order valence-corrected chi connectivity index (χ1v) is 10.1. The maximum absolute atomic E-state index is 12.4. The molecular weight excluding hydrogens is 390 g/mol. The topological polar surface area (TPSA) is 108 Å². The first-order chi connectivity index (χ1) is 14.4. The summed E-state index contributed by atoms with van der Waals surface area (Å²) in [4.78, 5) is 39.5. The summed E-state index contributed by atoms with van der Waals surface area (Å²) in [5, 5.41) is 12.8. The van der Waals surface area contributed by atoms with Gasteiger partial charge < -0.3 is 29.7 Å². The van der Waals surface area contributed by atoms with Crippen molar-refractivity contribution in [1.29, 1.82) is 0 Å². The predicted octanol–water partition coefficient (Wildman–Crippen LogP) is 0.401. The fraction of sp³-hybridized carbons (Fsp3) is 0.571. The SMILES string of the molecule is CN(C)C(=O)CN1C(=O)COC(c2ccc(NC(=O)C3CCOCC3)cc2)C1CO. The van der Waals surface area contributed by atoms with E-state index in [9.17, 15) is 19.5 Å². The van der Waals surface area contributed by atoms with Gasteiger partial charge in [0.25, 0.3) is 0 Å². The van der Waals surface area contributed by atoms with E-state index in [2.05, 4.69) is 5.32 Å². The fourth-order valence-corrected chi connectivity index (χ4v) is 3.67. The molecule has 9 heteroatoms. The number of rotatable bonds is 6. The predicted molar refractivity (Wildman–Crippen MR) is 109 cm³/mol. The Balaban J connectivity index is 1.68. The lowest BCUT2D eigenvalue weighted by Gasteiger charge is -2.40. The smallest absolute Gasteiger partial charge is 0.249 e. The highest BCUT2D eigenvalue weighted by Gasteiger charge is 2.38. The van der Waals surface area contributed by atoms with Crippen molar-refractivity contribution >= 4 is 23.4 Å². The van der Waals surface area contributed by atoms with Crippen LogP contribution in [0.15, 0.2) is 24.3 Å². The third-order valence-electron chi connectivity index (χ3n) is 5.55. The maximum Gasteiger partial charge on any atom is 0.249 e. The third-order valence-corrected chi connectivity index (χ3v) is 5.55. The summed E-state index contributed by atoms with van der Waals surface area (Å²) in [5.41, 5.74) is 1.43. The van der Waals surface area contributed by atoms with Crippen LogP contribution in [-0.4, -0.2) is 85.7 Å². The minimum absolute atomic E-state index is 0.0211. The van der Waals surface area contributed by atoms with Crippen molar-refractivity contribution in [2.24, 2.45) is 5.92 Å². The van der Waals surface area contributed by atoms with Gasteiger partial charge >= 0.3 is 0 Å². The Hall–Kier alpha value is -2.49. The number of carbonyl (C=O) groups is 3. The molecule has 2 fully saturated rings. The quantitative estimate of drug-likeness (QED) is 0.691. The van der Waals surface area contributed by atoms with Crippen molar-refractivity contribution in [2.75, 3.05) is 52.4 Å². The van der Waals surface area contributed by atoms with E-state index in [1.807, 2.05) is 0 Å². The van der Waals surface area contributed by atoms with Crippen LogP contribution in [0.3, 0.4) is 0 Å². The van der Waals surface area contributed by atoms with Gasteiger partial charge in [-0.05, 0) is 30.5 Å². The number of aliphatic hydroxyl groups is 1. The Labute approximate surface area is 175 Å². The Morgan fingerprint density at radius 3 is 2.47 bits per heavy atom. The van der Waals surface area contributed by atoms with Gasteiger partial charge in [0.1, 0.15) is 19.3 Å². The molecule has 164 valence electrons. The number of anilines is 1. The van der Waals surface area contributed by atoms with Crippen LogP contribution in [-0.2, 0) is 23.9 Å². The van der Waals surface area contributed by atoms with E-state index >= 15 is 0 Å². The molecule has 2 aliphatic heterocycles. The van der Waals surface area contributed by atoms with Crippen LogP contribution in [0, 0.1) is 5.92 Å². The van der Waals surface area contributed by atoms with Gasteiger partial charge in [-0.1, -0.05) is 12.1 Å². The van der Waals surface area contributed by atoms with E-state index < -0.39 is 12.1 Å². The molecule has 2 aliphatic rings. The number of amides is 3. The van der Waals surface area contributed by atoms with Crippen molar-refractivity contribution in [3.63, 3.8) is 0 Å². The van der Waals surface area contributed by atoms with Gasteiger partial charge in [-0.3, -0.25) is 14.4 Å². The molecule has 2 unspecified atom stereocenters. The van der Waals surface area contributed by atoms with Gasteiger partial charge in [0.15, 0.2) is 0 Å². The van der Waals surface area contributed by atoms with E-state index in [0.29, 0.717) is 31.7 Å². The largest absolute Gasteiger partial charge is 0.394 e. The summed E-state index contributed by atoms with van der Waals surface area (Å²) in [6.45, 7) is 0.591. The standard InChI is InChI=1S/C21H29N3O6/c1-23(2)18(26)11-24-17(12-25)20(30-13-19(24)27)14-3-5-16(6-4-14)22-21(28)15-7-9-29-10-8-15/h3-6,15,17,20,25H,7-13H2,1-2H3,(H,22,28). The van der Waals surface area contributed by atoms with Gasteiger partial charge in [-0.15, -0.1) is 0 Å². The monoisotopic (exact) mass is 419 g/mol. The van der Waals surface area contributed by atoms with Crippen molar-refractivity contribution in [3.8, 4) is 0 Å². The molecule has 1 aromatic carbocycles. The third kappa shape index (κ3) is 5.16. The molecule has 0 saturated carbocycles. The number of hydrogen-bond acceptors (Lipinski definition) is 6. The second-order valence-corrected chi connectivity index (χ2v) is 7.79.